The first-order chi connectivity index (χ1) is 12.8. The second kappa shape index (κ2) is 6.01. The van der Waals surface area contributed by atoms with Gasteiger partial charge in [0, 0.05) is 25.9 Å². The van der Waals surface area contributed by atoms with Crippen LogP contribution in [0.5, 0.6) is 0 Å². The van der Waals surface area contributed by atoms with Crippen molar-refractivity contribution in [3.8, 4) is 22.3 Å². The van der Waals surface area contributed by atoms with Crippen molar-refractivity contribution in [2.24, 2.45) is 0 Å². The summed E-state index contributed by atoms with van der Waals surface area (Å²) < 4.78 is 2.67. The first kappa shape index (κ1) is 15.2. The molecule has 0 aliphatic rings. The maximum absolute atomic E-state index is 5.83. The summed E-state index contributed by atoms with van der Waals surface area (Å²) in [6.07, 6.45) is 0. The molecule has 0 bridgehead atoms. The predicted molar refractivity (Wildman–Crippen MR) is 115 cm³/mol. The molecule has 0 saturated carbocycles. The van der Waals surface area contributed by atoms with Crippen LogP contribution in [0, 0.1) is 0 Å². The Hall–Kier alpha value is -3.10. The van der Waals surface area contributed by atoms with Gasteiger partial charge in [0.25, 0.3) is 0 Å². The van der Waals surface area contributed by atoms with Gasteiger partial charge < -0.3 is 5.73 Å². The Morgan fingerprint density at radius 2 is 1.35 bits per heavy atom. The average Bonchev–Trinajstić information content (AvgIpc) is 3.07. The second-order valence-electron chi connectivity index (χ2n) is 6.48. The summed E-state index contributed by atoms with van der Waals surface area (Å²) in [4.78, 5) is 0. The Morgan fingerprint density at radius 1 is 0.577 bits per heavy atom. The van der Waals surface area contributed by atoms with Gasteiger partial charge in [0.1, 0.15) is 0 Å². The Balaban J connectivity index is 1.74. The summed E-state index contributed by atoms with van der Waals surface area (Å²) >= 11 is 1.87. The van der Waals surface area contributed by atoms with Crippen LogP contribution in [0.15, 0.2) is 91.0 Å². The molecule has 2 heteroatoms. The zero-order valence-corrected chi connectivity index (χ0v) is 15.0. The molecule has 1 aromatic heterocycles. The highest BCUT2D eigenvalue weighted by atomic mass is 32.1. The lowest BCUT2D eigenvalue weighted by Gasteiger charge is -2.04. The standard InChI is InChI=1S/C24H17NS/c25-19-12-9-16(10-13-19)18-11-14-23-22(15-18)21-8-4-7-20(24(21)26-23)17-5-2-1-3-6-17/h1-15H,25H2. The second-order valence-corrected chi connectivity index (χ2v) is 7.54. The van der Waals surface area contributed by atoms with E-state index in [9.17, 15) is 0 Å². The molecule has 0 radical (unpaired) electrons. The molecule has 0 aliphatic carbocycles. The number of nitrogen functional groups attached to an aromatic ring is 1. The van der Waals surface area contributed by atoms with Crippen molar-refractivity contribution >= 4 is 37.2 Å². The molecular formula is C24H17NS. The third-order valence-electron chi connectivity index (χ3n) is 4.83. The van der Waals surface area contributed by atoms with E-state index in [1.807, 2.05) is 23.5 Å². The molecule has 5 aromatic rings. The molecular weight excluding hydrogens is 334 g/mol. The van der Waals surface area contributed by atoms with Gasteiger partial charge >= 0.3 is 0 Å². The SMILES string of the molecule is Nc1ccc(-c2ccc3sc4c(-c5ccccc5)cccc4c3c2)cc1. The van der Waals surface area contributed by atoms with Gasteiger partial charge in [-0.2, -0.15) is 0 Å². The van der Waals surface area contributed by atoms with Crippen LogP contribution >= 0.6 is 11.3 Å². The molecule has 124 valence electrons. The molecule has 2 N–H and O–H groups in total. The van der Waals surface area contributed by atoms with Gasteiger partial charge in [-0.25, -0.2) is 0 Å². The Kier molecular flexibility index (Phi) is 3.51. The molecule has 0 spiro atoms. The van der Waals surface area contributed by atoms with Crippen LogP contribution in [0.1, 0.15) is 0 Å². The van der Waals surface area contributed by atoms with E-state index in [1.54, 1.807) is 0 Å². The minimum absolute atomic E-state index is 0.795. The summed E-state index contributed by atoms with van der Waals surface area (Å²) in [7, 11) is 0. The van der Waals surface area contributed by atoms with Crippen molar-refractivity contribution in [1.82, 2.24) is 0 Å². The minimum Gasteiger partial charge on any atom is -0.399 e. The van der Waals surface area contributed by atoms with E-state index in [0.29, 0.717) is 0 Å². The smallest absolute Gasteiger partial charge is 0.0433 e. The molecule has 0 aliphatic heterocycles. The molecule has 0 saturated heterocycles. The fourth-order valence-corrected chi connectivity index (χ4v) is 4.72. The lowest BCUT2D eigenvalue weighted by atomic mass is 10.0. The van der Waals surface area contributed by atoms with Crippen LogP contribution in [0.4, 0.5) is 5.69 Å². The number of nitrogens with two attached hydrogens (primary N) is 1. The molecule has 26 heavy (non-hydrogen) atoms. The zero-order chi connectivity index (χ0) is 17.5. The largest absolute Gasteiger partial charge is 0.399 e. The van der Waals surface area contributed by atoms with Gasteiger partial charge in [0.15, 0.2) is 0 Å². The quantitative estimate of drug-likeness (QED) is 0.341. The van der Waals surface area contributed by atoms with Gasteiger partial charge in [0.2, 0.25) is 0 Å². The normalized spacial score (nSPS) is 11.2. The summed E-state index contributed by atoms with van der Waals surface area (Å²) in [5.74, 6) is 0. The number of anilines is 1. The van der Waals surface area contributed by atoms with Crippen LogP contribution in [0.2, 0.25) is 0 Å². The number of thiophene rings is 1. The van der Waals surface area contributed by atoms with Crippen molar-refractivity contribution in [1.29, 1.82) is 0 Å². The summed E-state index contributed by atoms with van der Waals surface area (Å²) in [6.45, 7) is 0. The highest BCUT2D eigenvalue weighted by Gasteiger charge is 2.11. The van der Waals surface area contributed by atoms with E-state index in [0.717, 1.165) is 5.69 Å². The van der Waals surface area contributed by atoms with Crippen molar-refractivity contribution < 1.29 is 0 Å². The molecule has 5 rings (SSSR count). The van der Waals surface area contributed by atoms with Crippen LogP contribution in [0.3, 0.4) is 0 Å². The molecule has 4 aromatic carbocycles. The topological polar surface area (TPSA) is 26.0 Å². The highest BCUT2D eigenvalue weighted by molar-refractivity contribution is 7.26. The van der Waals surface area contributed by atoms with Crippen molar-refractivity contribution in [3.63, 3.8) is 0 Å². The first-order valence-electron chi connectivity index (χ1n) is 8.66. The maximum atomic E-state index is 5.83. The Labute approximate surface area is 156 Å². The third kappa shape index (κ3) is 2.47. The predicted octanol–water partition coefficient (Wildman–Crippen LogP) is 6.97. The summed E-state index contributed by atoms with van der Waals surface area (Å²) in [6, 6.07) is 32.0. The Morgan fingerprint density at radius 3 is 2.15 bits per heavy atom. The number of hydrogen-bond acceptors (Lipinski definition) is 2. The molecule has 0 unspecified atom stereocenters. The number of rotatable bonds is 2. The zero-order valence-electron chi connectivity index (χ0n) is 14.1. The van der Waals surface area contributed by atoms with Gasteiger partial charge in [-0.05, 0) is 46.5 Å². The van der Waals surface area contributed by atoms with E-state index in [1.165, 1.54) is 42.4 Å². The van der Waals surface area contributed by atoms with Crippen molar-refractivity contribution in [2.75, 3.05) is 5.73 Å². The fraction of sp³-hybridized carbons (Fsp3) is 0. The number of fused-ring (bicyclic) bond motifs is 3. The molecule has 1 heterocycles. The van der Waals surface area contributed by atoms with E-state index in [-0.39, 0.29) is 0 Å². The molecule has 0 atom stereocenters. The van der Waals surface area contributed by atoms with Crippen molar-refractivity contribution in [3.05, 3.63) is 91.0 Å². The van der Waals surface area contributed by atoms with Crippen LogP contribution < -0.4 is 5.73 Å². The Bertz CT molecular complexity index is 1220. The third-order valence-corrected chi connectivity index (χ3v) is 6.05. The van der Waals surface area contributed by atoms with E-state index in [4.69, 9.17) is 5.73 Å². The van der Waals surface area contributed by atoms with Crippen LogP contribution in [-0.4, -0.2) is 0 Å². The first-order valence-corrected chi connectivity index (χ1v) is 9.48. The van der Waals surface area contributed by atoms with Gasteiger partial charge in [0.05, 0.1) is 0 Å². The lowest BCUT2D eigenvalue weighted by Crippen LogP contribution is -1.83. The van der Waals surface area contributed by atoms with Crippen molar-refractivity contribution in [2.45, 2.75) is 0 Å². The molecule has 0 fully saturated rings. The summed E-state index contributed by atoms with van der Waals surface area (Å²) in [5.41, 5.74) is 11.6. The fourth-order valence-electron chi connectivity index (χ4n) is 3.50. The van der Waals surface area contributed by atoms with E-state index in [2.05, 4.69) is 78.9 Å². The average molecular weight is 351 g/mol. The van der Waals surface area contributed by atoms with Crippen LogP contribution in [-0.2, 0) is 0 Å². The highest BCUT2D eigenvalue weighted by Crippen LogP contribution is 2.41. The van der Waals surface area contributed by atoms with Gasteiger partial charge in [-0.15, -0.1) is 11.3 Å². The lowest BCUT2D eigenvalue weighted by molar-refractivity contribution is 1.64. The maximum Gasteiger partial charge on any atom is 0.0433 e. The minimum atomic E-state index is 0.795. The molecule has 0 amide bonds. The van der Waals surface area contributed by atoms with Gasteiger partial charge in [-0.3, -0.25) is 0 Å². The van der Waals surface area contributed by atoms with E-state index < -0.39 is 0 Å². The van der Waals surface area contributed by atoms with Crippen LogP contribution in [0.25, 0.3) is 42.4 Å². The number of benzene rings is 4. The number of hydrogen-bond donors (Lipinski definition) is 1. The van der Waals surface area contributed by atoms with E-state index >= 15 is 0 Å². The van der Waals surface area contributed by atoms with Gasteiger partial charge in [-0.1, -0.05) is 66.7 Å². The summed E-state index contributed by atoms with van der Waals surface area (Å²) in [5, 5.41) is 2.64. The monoisotopic (exact) mass is 351 g/mol. The molecule has 1 nitrogen and oxygen atoms in total.